The molecule has 5 nitrogen and oxygen atoms in total. The standard InChI is InChI=1S/C29H23ClN2O3/c30-25-16-7-8-17-26(25)31-29(35)23-14-9-15-24(20-23)32(27(33)18-21-10-3-1-4-11-21)28(34)19-22-12-5-2-6-13-22/h1-17,20H,18-19H2,(H,31,35). The first kappa shape index (κ1) is 23.9. The van der Waals surface area contributed by atoms with Gasteiger partial charge in [-0.25, -0.2) is 4.90 Å². The number of rotatable bonds is 7. The third-order valence-electron chi connectivity index (χ3n) is 5.38. The second-order valence-electron chi connectivity index (χ2n) is 7.93. The summed E-state index contributed by atoms with van der Waals surface area (Å²) in [4.78, 5) is 40.8. The summed E-state index contributed by atoms with van der Waals surface area (Å²) in [6.07, 6.45) is 0.106. The van der Waals surface area contributed by atoms with E-state index in [2.05, 4.69) is 5.32 Å². The fourth-order valence-electron chi connectivity index (χ4n) is 3.67. The summed E-state index contributed by atoms with van der Waals surface area (Å²) < 4.78 is 0. The normalized spacial score (nSPS) is 10.4. The van der Waals surface area contributed by atoms with Crippen molar-refractivity contribution >= 4 is 40.7 Å². The van der Waals surface area contributed by atoms with E-state index in [-0.39, 0.29) is 24.7 Å². The topological polar surface area (TPSA) is 66.5 Å². The van der Waals surface area contributed by atoms with Crippen LogP contribution in [0.3, 0.4) is 0 Å². The van der Waals surface area contributed by atoms with Gasteiger partial charge in [-0.15, -0.1) is 0 Å². The Hall–Kier alpha value is -4.22. The Kier molecular flexibility index (Phi) is 7.70. The highest BCUT2D eigenvalue weighted by Gasteiger charge is 2.24. The number of amides is 3. The van der Waals surface area contributed by atoms with E-state index in [4.69, 9.17) is 11.6 Å². The Labute approximate surface area is 209 Å². The molecule has 6 heteroatoms. The number of para-hydroxylation sites is 1. The lowest BCUT2D eigenvalue weighted by atomic mass is 10.1. The molecule has 0 unspecified atom stereocenters. The van der Waals surface area contributed by atoms with Crippen LogP contribution in [0.1, 0.15) is 21.5 Å². The molecule has 4 rings (SSSR count). The van der Waals surface area contributed by atoms with Crippen molar-refractivity contribution in [3.63, 3.8) is 0 Å². The molecule has 4 aromatic rings. The molecule has 1 N–H and O–H groups in total. The van der Waals surface area contributed by atoms with E-state index in [9.17, 15) is 14.4 Å². The molecule has 0 bridgehead atoms. The van der Waals surface area contributed by atoms with Crippen molar-refractivity contribution < 1.29 is 14.4 Å². The average Bonchev–Trinajstić information content (AvgIpc) is 2.87. The van der Waals surface area contributed by atoms with Crippen molar-refractivity contribution in [2.75, 3.05) is 10.2 Å². The number of anilines is 2. The minimum absolute atomic E-state index is 0.0530. The first-order valence-electron chi connectivity index (χ1n) is 11.1. The zero-order valence-electron chi connectivity index (χ0n) is 18.9. The SMILES string of the molecule is O=C(Nc1ccccc1Cl)c1cccc(N(C(=O)Cc2ccccc2)C(=O)Cc2ccccc2)c1. The lowest BCUT2D eigenvalue weighted by Gasteiger charge is -2.22. The Balaban J connectivity index is 1.63. The number of nitrogens with zero attached hydrogens (tertiary/aromatic N) is 1. The van der Waals surface area contributed by atoms with Gasteiger partial charge >= 0.3 is 0 Å². The molecule has 0 aromatic heterocycles. The molecule has 174 valence electrons. The highest BCUT2D eigenvalue weighted by atomic mass is 35.5. The summed E-state index contributed by atoms with van der Waals surface area (Å²) in [5.74, 6) is -1.15. The molecule has 0 aliphatic heterocycles. The van der Waals surface area contributed by atoms with E-state index >= 15 is 0 Å². The quantitative estimate of drug-likeness (QED) is 0.354. The molecule has 0 heterocycles. The van der Waals surface area contributed by atoms with E-state index < -0.39 is 5.91 Å². The highest BCUT2D eigenvalue weighted by Crippen LogP contribution is 2.23. The molecule has 35 heavy (non-hydrogen) atoms. The maximum atomic E-state index is 13.3. The van der Waals surface area contributed by atoms with Gasteiger partial charge in [0.25, 0.3) is 5.91 Å². The van der Waals surface area contributed by atoms with Crippen molar-refractivity contribution in [2.24, 2.45) is 0 Å². The van der Waals surface area contributed by atoms with Gasteiger partial charge in [-0.1, -0.05) is 90.5 Å². The average molecular weight is 483 g/mol. The first-order chi connectivity index (χ1) is 17.0. The second kappa shape index (κ2) is 11.3. The van der Waals surface area contributed by atoms with Gasteiger partial charge in [-0.2, -0.15) is 0 Å². The number of nitrogens with one attached hydrogen (secondary N) is 1. The van der Waals surface area contributed by atoms with Gasteiger partial charge in [-0.3, -0.25) is 14.4 Å². The van der Waals surface area contributed by atoms with Crippen LogP contribution in [0.4, 0.5) is 11.4 Å². The lowest BCUT2D eigenvalue weighted by molar-refractivity contribution is -0.125. The molecule has 0 fully saturated rings. The van der Waals surface area contributed by atoms with E-state index in [0.717, 1.165) is 16.0 Å². The van der Waals surface area contributed by atoms with Gasteiger partial charge in [-0.05, 0) is 41.5 Å². The van der Waals surface area contributed by atoms with Crippen LogP contribution in [-0.4, -0.2) is 17.7 Å². The predicted octanol–water partition coefficient (Wildman–Crippen LogP) is 5.94. The molecule has 0 radical (unpaired) electrons. The molecule has 0 saturated carbocycles. The minimum Gasteiger partial charge on any atom is -0.321 e. The van der Waals surface area contributed by atoms with Crippen molar-refractivity contribution in [3.05, 3.63) is 131 Å². The molecule has 3 amide bonds. The van der Waals surface area contributed by atoms with E-state index in [1.807, 2.05) is 60.7 Å². The van der Waals surface area contributed by atoms with Crippen molar-refractivity contribution in [1.29, 1.82) is 0 Å². The molecule has 0 spiro atoms. The Bertz CT molecular complexity index is 1290. The third-order valence-corrected chi connectivity index (χ3v) is 5.71. The fraction of sp³-hybridized carbons (Fsp3) is 0.0690. The Morgan fingerprint density at radius 1 is 0.657 bits per heavy atom. The number of imide groups is 1. The number of carbonyl (C=O) groups excluding carboxylic acids is 3. The summed E-state index contributed by atoms with van der Waals surface area (Å²) in [6, 6.07) is 31.9. The van der Waals surface area contributed by atoms with E-state index in [1.165, 1.54) is 6.07 Å². The smallest absolute Gasteiger partial charge is 0.255 e. The number of hydrogen-bond acceptors (Lipinski definition) is 3. The van der Waals surface area contributed by atoms with Crippen molar-refractivity contribution in [1.82, 2.24) is 0 Å². The lowest BCUT2D eigenvalue weighted by Crippen LogP contribution is -2.39. The maximum absolute atomic E-state index is 13.3. The summed E-state index contributed by atoms with van der Waals surface area (Å²) in [5, 5.41) is 3.18. The van der Waals surface area contributed by atoms with Crippen LogP contribution in [0.15, 0.2) is 109 Å². The third kappa shape index (κ3) is 6.22. The molecule has 4 aromatic carbocycles. The van der Waals surface area contributed by atoms with Gasteiger partial charge in [0, 0.05) is 5.56 Å². The van der Waals surface area contributed by atoms with Crippen molar-refractivity contribution in [2.45, 2.75) is 12.8 Å². The second-order valence-corrected chi connectivity index (χ2v) is 8.34. The van der Waals surface area contributed by atoms with Crippen molar-refractivity contribution in [3.8, 4) is 0 Å². The van der Waals surface area contributed by atoms with E-state index in [1.54, 1.807) is 42.5 Å². The highest BCUT2D eigenvalue weighted by molar-refractivity contribution is 6.33. The molecular weight excluding hydrogens is 460 g/mol. The summed E-state index contributed by atoms with van der Waals surface area (Å²) in [5.41, 5.74) is 2.69. The molecule has 0 saturated heterocycles. The van der Waals surface area contributed by atoms with Gasteiger partial charge < -0.3 is 5.32 Å². The summed E-state index contributed by atoms with van der Waals surface area (Å²) in [7, 11) is 0. The van der Waals surface area contributed by atoms with Gasteiger partial charge in [0.1, 0.15) is 0 Å². The molecule has 0 aliphatic carbocycles. The fourth-order valence-corrected chi connectivity index (χ4v) is 3.85. The Morgan fingerprint density at radius 3 is 1.77 bits per heavy atom. The van der Waals surface area contributed by atoms with E-state index in [0.29, 0.717) is 22.0 Å². The van der Waals surface area contributed by atoms with Crippen LogP contribution in [0.2, 0.25) is 5.02 Å². The minimum atomic E-state index is -0.397. The monoisotopic (exact) mass is 482 g/mol. The number of carbonyl (C=O) groups is 3. The van der Waals surface area contributed by atoms with Crippen LogP contribution in [0.25, 0.3) is 0 Å². The van der Waals surface area contributed by atoms with Crippen LogP contribution >= 0.6 is 11.6 Å². The predicted molar refractivity (Wildman–Crippen MR) is 139 cm³/mol. The molecule has 0 aliphatic rings. The van der Waals surface area contributed by atoms with Gasteiger partial charge in [0.05, 0.1) is 29.2 Å². The van der Waals surface area contributed by atoms with Crippen LogP contribution in [-0.2, 0) is 22.4 Å². The molecular formula is C29H23ClN2O3. The summed E-state index contributed by atoms with van der Waals surface area (Å²) >= 11 is 6.16. The number of hydrogen-bond donors (Lipinski definition) is 1. The number of benzene rings is 4. The zero-order chi connectivity index (χ0) is 24.6. The van der Waals surface area contributed by atoms with Gasteiger partial charge in [0.15, 0.2) is 0 Å². The maximum Gasteiger partial charge on any atom is 0.255 e. The van der Waals surface area contributed by atoms with Crippen LogP contribution in [0.5, 0.6) is 0 Å². The first-order valence-corrected chi connectivity index (χ1v) is 11.5. The van der Waals surface area contributed by atoms with Crippen LogP contribution in [0, 0.1) is 0 Å². The number of halogens is 1. The van der Waals surface area contributed by atoms with Gasteiger partial charge in [0.2, 0.25) is 11.8 Å². The van der Waals surface area contributed by atoms with Crippen LogP contribution < -0.4 is 10.2 Å². The zero-order valence-corrected chi connectivity index (χ0v) is 19.6. The summed E-state index contributed by atoms with van der Waals surface area (Å²) in [6.45, 7) is 0. The largest absolute Gasteiger partial charge is 0.321 e. The molecule has 0 atom stereocenters. The Morgan fingerprint density at radius 2 is 1.20 bits per heavy atom.